The van der Waals surface area contributed by atoms with Gasteiger partial charge in [0.1, 0.15) is 17.5 Å². The number of nitrogens with two attached hydrogens (primary N) is 1. The zero-order valence-electron chi connectivity index (χ0n) is 20.0. The van der Waals surface area contributed by atoms with Crippen LogP contribution < -0.4 is 5.73 Å². The number of benzene rings is 1. The first-order valence-electron chi connectivity index (χ1n) is 12.5. The van der Waals surface area contributed by atoms with Crippen LogP contribution in [0.2, 0.25) is 0 Å². The number of hydrogen-bond acceptors (Lipinski definition) is 3. The van der Waals surface area contributed by atoms with Crippen molar-refractivity contribution in [3.63, 3.8) is 0 Å². The van der Waals surface area contributed by atoms with Gasteiger partial charge in [0.05, 0.1) is 6.10 Å². The van der Waals surface area contributed by atoms with Crippen molar-refractivity contribution in [1.82, 2.24) is 0 Å². The van der Waals surface area contributed by atoms with Crippen LogP contribution in [0.5, 0.6) is 0 Å². The van der Waals surface area contributed by atoms with Crippen LogP contribution in [-0.2, 0) is 4.79 Å². The monoisotopic (exact) mass is 460 g/mol. The third-order valence-electron chi connectivity index (χ3n) is 9.64. The SMILES string of the molecule is C[C@]12CC[C@H](O)CC1=CCC1C2CC[C@]2(C)C(=C(\C#N)C(N)=O)/C(=C/c3ccccc3F)CC12. The van der Waals surface area contributed by atoms with Crippen LogP contribution in [0.25, 0.3) is 6.08 Å². The van der Waals surface area contributed by atoms with Gasteiger partial charge < -0.3 is 10.8 Å². The van der Waals surface area contributed by atoms with Crippen molar-refractivity contribution in [1.29, 1.82) is 5.26 Å². The molecule has 3 saturated carbocycles. The molecule has 34 heavy (non-hydrogen) atoms. The van der Waals surface area contributed by atoms with E-state index in [1.165, 1.54) is 11.6 Å². The molecule has 1 amide bonds. The fourth-order valence-corrected chi connectivity index (χ4v) is 7.95. The summed E-state index contributed by atoms with van der Waals surface area (Å²) in [6, 6.07) is 8.71. The summed E-state index contributed by atoms with van der Waals surface area (Å²) in [6.45, 7) is 4.55. The Hall–Kier alpha value is -2.71. The highest BCUT2D eigenvalue weighted by molar-refractivity contribution is 5.98. The van der Waals surface area contributed by atoms with Crippen molar-refractivity contribution in [3.05, 3.63) is 64.0 Å². The van der Waals surface area contributed by atoms with E-state index in [1.807, 2.05) is 6.08 Å². The first kappa shape index (κ1) is 23.1. The van der Waals surface area contributed by atoms with Gasteiger partial charge >= 0.3 is 0 Å². The zero-order chi connectivity index (χ0) is 24.3. The summed E-state index contributed by atoms with van der Waals surface area (Å²) in [6.07, 6.45) is 10.1. The van der Waals surface area contributed by atoms with Crippen LogP contribution in [0, 0.1) is 45.7 Å². The van der Waals surface area contributed by atoms with Gasteiger partial charge in [-0.3, -0.25) is 4.79 Å². The topological polar surface area (TPSA) is 87.1 Å². The Labute approximate surface area is 201 Å². The fourth-order valence-electron chi connectivity index (χ4n) is 7.95. The highest BCUT2D eigenvalue weighted by Crippen LogP contribution is 2.67. The number of allylic oxidation sites excluding steroid dienone is 3. The second-order valence-electron chi connectivity index (χ2n) is 11.2. The molecule has 0 aromatic heterocycles. The number of hydrogen-bond donors (Lipinski definition) is 2. The molecule has 0 radical (unpaired) electrons. The summed E-state index contributed by atoms with van der Waals surface area (Å²) in [5, 5.41) is 20.2. The molecule has 3 N–H and O–H groups in total. The molecule has 3 fully saturated rings. The Morgan fingerprint density at radius 3 is 2.62 bits per heavy atom. The highest BCUT2D eigenvalue weighted by atomic mass is 19.1. The van der Waals surface area contributed by atoms with Crippen LogP contribution in [-0.4, -0.2) is 17.1 Å². The molecule has 0 heterocycles. The van der Waals surface area contributed by atoms with Crippen LogP contribution in [0.4, 0.5) is 4.39 Å². The summed E-state index contributed by atoms with van der Waals surface area (Å²) >= 11 is 0. The van der Waals surface area contributed by atoms with Crippen LogP contribution in [0.15, 0.2) is 52.6 Å². The second kappa shape index (κ2) is 8.20. The number of aliphatic hydroxyl groups is 1. The minimum Gasteiger partial charge on any atom is -0.393 e. The molecule has 4 aliphatic rings. The summed E-state index contributed by atoms with van der Waals surface area (Å²) < 4.78 is 14.6. The minimum absolute atomic E-state index is 0.0186. The lowest BCUT2D eigenvalue weighted by Crippen LogP contribution is -2.49. The van der Waals surface area contributed by atoms with Crippen molar-refractivity contribution < 1.29 is 14.3 Å². The summed E-state index contributed by atoms with van der Waals surface area (Å²) in [7, 11) is 0. The summed E-state index contributed by atoms with van der Waals surface area (Å²) in [5.41, 5.74) is 8.92. The molecule has 4 aliphatic carbocycles. The van der Waals surface area contributed by atoms with E-state index in [2.05, 4.69) is 26.0 Å². The molecule has 0 saturated heterocycles. The minimum atomic E-state index is -0.708. The molecule has 0 aliphatic heterocycles. The van der Waals surface area contributed by atoms with E-state index in [0.29, 0.717) is 23.8 Å². The molecular weight excluding hydrogens is 427 g/mol. The van der Waals surface area contributed by atoms with Gasteiger partial charge in [-0.15, -0.1) is 0 Å². The number of amides is 1. The van der Waals surface area contributed by atoms with Crippen molar-refractivity contribution in [2.45, 2.75) is 64.9 Å². The van der Waals surface area contributed by atoms with E-state index in [-0.39, 0.29) is 34.2 Å². The number of rotatable bonds is 2. The van der Waals surface area contributed by atoms with Gasteiger partial charge in [0, 0.05) is 5.56 Å². The molecule has 0 spiro atoms. The van der Waals surface area contributed by atoms with Gasteiger partial charge in [-0.1, -0.05) is 43.7 Å². The molecule has 0 bridgehead atoms. The van der Waals surface area contributed by atoms with E-state index in [4.69, 9.17) is 5.73 Å². The standard InChI is InChI=1S/C29H33FN2O2/c1-28-11-9-20(33)15-19(28)7-8-21-23(28)10-12-29(2)24(21)14-18(26(29)22(16-31)27(32)34)13-17-5-3-4-6-25(17)30/h3-7,13,20-21,23-24,33H,8-12,14-15H2,1-2H3,(H2,32,34)/b18-13+,26-22+/t20-,21?,23?,24?,28-,29-/m0/s1. The van der Waals surface area contributed by atoms with Crippen molar-refractivity contribution >= 4 is 12.0 Å². The maximum atomic E-state index is 14.6. The van der Waals surface area contributed by atoms with Gasteiger partial charge in [-0.25, -0.2) is 4.39 Å². The molecule has 1 aromatic carbocycles. The molecule has 1 aromatic rings. The number of nitrogens with zero attached hydrogens (tertiary/aromatic N) is 1. The Morgan fingerprint density at radius 1 is 1.18 bits per heavy atom. The smallest absolute Gasteiger partial charge is 0.259 e. The fraction of sp³-hybridized carbons (Fsp3) is 0.517. The first-order chi connectivity index (χ1) is 16.2. The van der Waals surface area contributed by atoms with E-state index >= 15 is 0 Å². The van der Waals surface area contributed by atoms with Gasteiger partial charge in [0.2, 0.25) is 0 Å². The van der Waals surface area contributed by atoms with Crippen LogP contribution in [0.1, 0.15) is 64.4 Å². The largest absolute Gasteiger partial charge is 0.393 e. The lowest BCUT2D eigenvalue weighted by atomic mass is 9.47. The predicted molar refractivity (Wildman–Crippen MR) is 129 cm³/mol. The number of carbonyl (C=O) groups excluding carboxylic acids is 1. The van der Waals surface area contributed by atoms with Gasteiger partial charge in [-0.2, -0.15) is 5.26 Å². The van der Waals surface area contributed by atoms with E-state index in [0.717, 1.165) is 49.7 Å². The first-order valence-corrected chi connectivity index (χ1v) is 12.5. The van der Waals surface area contributed by atoms with Gasteiger partial charge in [0.25, 0.3) is 5.91 Å². The lowest BCUT2D eigenvalue weighted by molar-refractivity contribution is -0.114. The molecule has 6 atom stereocenters. The quantitative estimate of drug-likeness (QED) is 0.350. The van der Waals surface area contributed by atoms with E-state index < -0.39 is 5.91 Å². The number of aliphatic hydroxyl groups excluding tert-OH is 1. The van der Waals surface area contributed by atoms with E-state index in [1.54, 1.807) is 18.2 Å². The number of fused-ring (bicyclic) bond motifs is 5. The normalized spacial score (nSPS) is 39.4. The van der Waals surface area contributed by atoms with Crippen molar-refractivity contribution in [2.24, 2.45) is 34.3 Å². The van der Waals surface area contributed by atoms with E-state index in [9.17, 15) is 19.6 Å². The second-order valence-corrected chi connectivity index (χ2v) is 11.2. The lowest BCUT2D eigenvalue weighted by Gasteiger charge is -2.57. The maximum Gasteiger partial charge on any atom is 0.259 e. The number of nitriles is 1. The molecule has 178 valence electrons. The highest BCUT2D eigenvalue weighted by Gasteiger charge is 2.59. The van der Waals surface area contributed by atoms with Gasteiger partial charge in [0.15, 0.2) is 0 Å². The van der Waals surface area contributed by atoms with Crippen molar-refractivity contribution in [2.75, 3.05) is 0 Å². The third-order valence-corrected chi connectivity index (χ3v) is 9.64. The van der Waals surface area contributed by atoms with Crippen LogP contribution >= 0.6 is 0 Å². The van der Waals surface area contributed by atoms with Crippen LogP contribution in [0.3, 0.4) is 0 Å². The third kappa shape index (κ3) is 3.38. The Balaban J connectivity index is 1.63. The summed E-state index contributed by atoms with van der Waals surface area (Å²) in [4.78, 5) is 12.4. The molecule has 5 heteroatoms. The summed E-state index contributed by atoms with van der Waals surface area (Å²) in [5.74, 6) is 0.148. The maximum absolute atomic E-state index is 14.6. The Bertz CT molecular complexity index is 1170. The van der Waals surface area contributed by atoms with Crippen molar-refractivity contribution in [3.8, 4) is 6.07 Å². The number of primary amides is 1. The molecular formula is C29H33FN2O2. The number of halogens is 1. The average molecular weight is 461 g/mol. The zero-order valence-corrected chi connectivity index (χ0v) is 20.0. The molecule has 4 nitrogen and oxygen atoms in total. The predicted octanol–water partition coefficient (Wildman–Crippen LogP) is 5.45. The Morgan fingerprint density at radius 2 is 1.91 bits per heavy atom. The van der Waals surface area contributed by atoms with Gasteiger partial charge in [-0.05, 0) is 96.8 Å². The molecule has 5 rings (SSSR count). The Kier molecular flexibility index (Phi) is 5.56. The molecule has 3 unspecified atom stereocenters. The number of carbonyl (C=O) groups is 1. The average Bonchev–Trinajstić information content (AvgIpc) is 3.08.